The first-order valence-electron chi connectivity index (χ1n) is 5.64. The van der Waals surface area contributed by atoms with E-state index in [1.165, 1.54) is 7.11 Å². The van der Waals surface area contributed by atoms with Crippen LogP contribution in [0.1, 0.15) is 18.3 Å². The van der Waals surface area contributed by atoms with Crippen LogP contribution in [-0.4, -0.2) is 33.3 Å². The van der Waals surface area contributed by atoms with Crippen LogP contribution in [0.15, 0.2) is 4.47 Å². The topological polar surface area (TPSA) is 56.2 Å². The summed E-state index contributed by atoms with van der Waals surface area (Å²) in [6, 6.07) is 0. The Labute approximate surface area is 129 Å². The van der Waals surface area contributed by atoms with E-state index in [0.29, 0.717) is 13.1 Å². The Kier molecular flexibility index (Phi) is 6.58. The van der Waals surface area contributed by atoms with Crippen molar-refractivity contribution in [3.05, 3.63) is 15.9 Å². The summed E-state index contributed by atoms with van der Waals surface area (Å²) < 4.78 is 7.40. The lowest BCUT2D eigenvalue weighted by Gasteiger charge is -2.09. The number of hydrogen-bond donors (Lipinski definition) is 1. The van der Waals surface area contributed by atoms with Gasteiger partial charge in [0.1, 0.15) is 3.92 Å². The number of carbonyl (C=O) groups excluding carboxylic acids is 1. The maximum atomic E-state index is 11.2. The molecule has 7 heteroatoms. The second kappa shape index (κ2) is 7.44. The lowest BCUT2D eigenvalue weighted by Crippen LogP contribution is -2.29. The third-order valence-electron chi connectivity index (χ3n) is 2.58. The van der Waals surface area contributed by atoms with Crippen LogP contribution in [0.25, 0.3) is 0 Å². The molecule has 1 atom stereocenters. The van der Waals surface area contributed by atoms with E-state index in [1.54, 1.807) is 0 Å². The summed E-state index contributed by atoms with van der Waals surface area (Å²) in [6.45, 7) is 3.31. The highest BCUT2D eigenvalue weighted by Gasteiger charge is 2.16. The number of esters is 1. The van der Waals surface area contributed by atoms with E-state index in [9.17, 15) is 4.79 Å². The Morgan fingerprint density at radius 3 is 2.83 bits per heavy atom. The first-order chi connectivity index (χ1) is 8.51. The Hall–Kier alpha value is -0.150. The number of aryl methyl sites for hydroxylation is 2. The predicted octanol–water partition coefficient (Wildman–Crippen LogP) is 1.81. The fraction of sp³-hybridized carbons (Fsp3) is 0.636. The van der Waals surface area contributed by atoms with Crippen molar-refractivity contribution in [1.82, 2.24) is 15.1 Å². The van der Waals surface area contributed by atoms with Gasteiger partial charge in [0.2, 0.25) is 0 Å². The predicted molar refractivity (Wildman–Crippen MR) is 81.8 cm³/mol. The largest absolute Gasteiger partial charge is 0.468 e. The Morgan fingerprint density at radius 1 is 1.67 bits per heavy atom. The number of halogens is 2. The van der Waals surface area contributed by atoms with Crippen molar-refractivity contribution >= 4 is 44.5 Å². The van der Waals surface area contributed by atoms with E-state index >= 15 is 0 Å². The van der Waals surface area contributed by atoms with Crippen molar-refractivity contribution in [2.75, 3.05) is 13.7 Å². The summed E-state index contributed by atoms with van der Waals surface area (Å²) >= 11 is 5.62. The summed E-state index contributed by atoms with van der Waals surface area (Å²) in [6.07, 6.45) is 0.894. The molecule has 1 rings (SSSR count). The molecule has 0 spiro atoms. The molecular weight excluding hydrogens is 413 g/mol. The monoisotopic (exact) mass is 429 g/mol. The van der Waals surface area contributed by atoms with Crippen LogP contribution in [0.3, 0.4) is 0 Å². The number of aromatic nitrogens is 2. The first-order valence-corrected chi connectivity index (χ1v) is 7.67. The van der Waals surface area contributed by atoms with Crippen molar-refractivity contribution in [3.63, 3.8) is 0 Å². The maximum absolute atomic E-state index is 11.2. The van der Waals surface area contributed by atoms with Crippen LogP contribution in [-0.2, 0) is 29.5 Å². The van der Waals surface area contributed by atoms with E-state index < -0.39 is 0 Å². The molecule has 0 aliphatic carbocycles. The minimum Gasteiger partial charge on any atom is -0.468 e. The molecule has 0 fully saturated rings. The molecule has 0 saturated carbocycles. The van der Waals surface area contributed by atoms with Gasteiger partial charge in [0.05, 0.1) is 23.0 Å². The molecule has 0 saturated heterocycles. The molecule has 0 aromatic carbocycles. The summed E-state index contributed by atoms with van der Waals surface area (Å²) in [5, 5.41) is 7.65. The molecule has 1 aromatic rings. The van der Waals surface area contributed by atoms with E-state index in [-0.39, 0.29) is 9.89 Å². The molecule has 102 valence electrons. The first kappa shape index (κ1) is 15.9. The number of methoxy groups -OCH3 is 1. The Balaban J connectivity index is 2.54. The molecule has 18 heavy (non-hydrogen) atoms. The lowest BCUT2D eigenvalue weighted by atomic mass is 10.3. The minimum atomic E-state index is -0.207. The van der Waals surface area contributed by atoms with Crippen molar-refractivity contribution in [1.29, 1.82) is 0 Å². The van der Waals surface area contributed by atoms with Gasteiger partial charge in [-0.25, -0.2) is 0 Å². The molecule has 0 aliphatic heterocycles. The lowest BCUT2D eigenvalue weighted by molar-refractivity contribution is -0.139. The molecule has 1 heterocycles. The summed E-state index contributed by atoms with van der Waals surface area (Å²) in [4.78, 5) is 11.2. The van der Waals surface area contributed by atoms with E-state index in [2.05, 4.69) is 60.6 Å². The molecule has 0 radical (unpaired) electrons. The van der Waals surface area contributed by atoms with Gasteiger partial charge < -0.3 is 10.1 Å². The van der Waals surface area contributed by atoms with Crippen LogP contribution in [0.4, 0.5) is 0 Å². The number of rotatable bonds is 6. The zero-order valence-electron chi connectivity index (χ0n) is 10.7. The summed E-state index contributed by atoms with van der Waals surface area (Å²) in [5.74, 6) is -0.207. The third-order valence-corrected chi connectivity index (χ3v) is 4.44. The normalized spacial score (nSPS) is 12.5. The number of nitrogens with zero attached hydrogens (tertiary/aromatic N) is 2. The van der Waals surface area contributed by atoms with Gasteiger partial charge >= 0.3 is 5.97 Å². The molecule has 0 aliphatic rings. The molecule has 0 amide bonds. The molecule has 5 nitrogen and oxygen atoms in total. The number of nitrogens with one attached hydrogen (secondary N) is 1. The minimum absolute atomic E-state index is 0.176. The SMILES string of the molecule is CCc1nn(C)c(CNCC(I)C(=O)OC)c1Br. The van der Waals surface area contributed by atoms with Gasteiger partial charge in [-0.2, -0.15) is 5.10 Å². The fourth-order valence-electron chi connectivity index (χ4n) is 1.54. The highest BCUT2D eigenvalue weighted by molar-refractivity contribution is 14.1. The van der Waals surface area contributed by atoms with Crippen LogP contribution in [0, 0.1) is 0 Å². The van der Waals surface area contributed by atoms with Crippen molar-refractivity contribution in [3.8, 4) is 0 Å². The fourth-order valence-corrected chi connectivity index (χ4v) is 2.86. The van der Waals surface area contributed by atoms with E-state index in [4.69, 9.17) is 0 Å². The zero-order valence-corrected chi connectivity index (χ0v) is 14.4. The van der Waals surface area contributed by atoms with Gasteiger partial charge in [0.15, 0.2) is 0 Å². The third kappa shape index (κ3) is 3.92. The molecule has 1 unspecified atom stereocenters. The second-order valence-corrected chi connectivity index (χ2v) is 6.10. The standard InChI is InChI=1S/C11H17BrIN3O2/c1-4-8-10(12)9(16(2)15-8)6-14-5-7(13)11(17)18-3/h7,14H,4-6H2,1-3H3. The van der Waals surface area contributed by atoms with Crippen LogP contribution in [0.5, 0.6) is 0 Å². The highest BCUT2D eigenvalue weighted by Crippen LogP contribution is 2.21. The zero-order chi connectivity index (χ0) is 13.7. The average molecular weight is 430 g/mol. The van der Waals surface area contributed by atoms with Crippen molar-refractivity contribution in [2.24, 2.45) is 7.05 Å². The van der Waals surface area contributed by atoms with Crippen molar-refractivity contribution < 1.29 is 9.53 Å². The number of ether oxygens (including phenoxy) is 1. The van der Waals surface area contributed by atoms with Gasteiger partial charge in [-0.05, 0) is 22.4 Å². The Bertz CT molecular complexity index is 423. The van der Waals surface area contributed by atoms with Gasteiger partial charge in [0, 0.05) is 20.1 Å². The summed E-state index contributed by atoms with van der Waals surface area (Å²) in [5.41, 5.74) is 2.13. The quantitative estimate of drug-likeness (QED) is 0.425. The second-order valence-electron chi connectivity index (χ2n) is 3.81. The van der Waals surface area contributed by atoms with Gasteiger partial charge in [-0.15, -0.1) is 0 Å². The number of hydrogen-bond acceptors (Lipinski definition) is 4. The average Bonchev–Trinajstić information content (AvgIpc) is 2.64. The molecule has 0 bridgehead atoms. The van der Waals surface area contributed by atoms with Gasteiger partial charge in [-0.3, -0.25) is 9.48 Å². The van der Waals surface area contributed by atoms with Crippen molar-refractivity contribution in [2.45, 2.75) is 23.8 Å². The van der Waals surface area contributed by atoms with Crippen LogP contribution < -0.4 is 5.32 Å². The number of carbonyl (C=O) groups is 1. The maximum Gasteiger partial charge on any atom is 0.319 e. The van der Waals surface area contributed by atoms with Crippen LogP contribution in [0.2, 0.25) is 0 Å². The molecular formula is C11H17BrIN3O2. The molecule has 1 N–H and O–H groups in total. The molecule has 1 aromatic heterocycles. The summed E-state index contributed by atoms with van der Waals surface area (Å²) in [7, 11) is 3.32. The smallest absolute Gasteiger partial charge is 0.319 e. The van der Waals surface area contributed by atoms with Gasteiger partial charge in [-0.1, -0.05) is 29.5 Å². The number of alkyl halides is 1. The highest BCUT2D eigenvalue weighted by atomic mass is 127. The van der Waals surface area contributed by atoms with E-state index in [0.717, 1.165) is 22.3 Å². The van der Waals surface area contributed by atoms with Gasteiger partial charge in [0.25, 0.3) is 0 Å². The van der Waals surface area contributed by atoms with Crippen LogP contribution >= 0.6 is 38.5 Å². The van der Waals surface area contributed by atoms with E-state index in [1.807, 2.05) is 11.7 Å². The Morgan fingerprint density at radius 2 is 2.33 bits per heavy atom.